The molecule has 0 fully saturated rings. The van der Waals surface area contributed by atoms with Gasteiger partial charge in [0, 0.05) is 24.8 Å². The normalized spacial score (nSPS) is 11.9. The Balaban J connectivity index is 2.95. The van der Waals surface area contributed by atoms with Crippen LogP contribution >= 0.6 is 0 Å². The number of rotatable bonds is 4. The van der Waals surface area contributed by atoms with Crippen molar-refractivity contribution in [2.45, 2.75) is 39.7 Å². The van der Waals surface area contributed by atoms with Crippen LogP contribution in [0.5, 0.6) is 0 Å². The van der Waals surface area contributed by atoms with Gasteiger partial charge >= 0.3 is 0 Å². The third-order valence-corrected chi connectivity index (χ3v) is 2.65. The second kappa shape index (κ2) is 5.45. The maximum Gasteiger partial charge on any atom is 0.132 e. The molecule has 1 atom stereocenters. The maximum absolute atomic E-state index is 8.68. The molecular weight excluding hydrogens is 200 g/mol. The van der Waals surface area contributed by atoms with E-state index in [9.17, 15) is 0 Å². The molecule has 1 rings (SSSR count). The van der Waals surface area contributed by atoms with Gasteiger partial charge in [-0.05, 0) is 20.3 Å². The van der Waals surface area contributed by atoms with Crippen LogP contribution in [-0.2, 0) is 6.42 Å². The van der Waals surface area contributed by atoms with Crippen molar-refractivity contribution in [3.05, 3.63) is 17.6 Å². The summed E-state index contributed by atoms with van der Waals surface area (Å²) in [6, 6.07) is 4.33. The molecule has 0 aromatic carbocycles. The zero-order chi connectivity index (χ0) is 12.1. The number of nitriles is 1. The summed E-state index contributed by atoms with van der Waals surface area (Å²) >= 11 is 0. The lowest BCUT2D eigenvalue weighted by atomic mass is 10.2. The van der Waals surface area contributed by atoms with E-state index in [1.807, 2.05) is 31.9 Å². The highest BCUT2D eigenvalue weighted by atomic mass is 15.2. The number of aromatic nitrogens is 2. The molecule has 0 N–H and O–H groups in total. The zero-order valence-electron chi connectivity index (χ0n) is 10.4. The molecule has 0 saturated heterocycles. The minimum Gasteiger partial charge on any atom is -0.356 e. The lowest BCUT2D eigenvalue weighted by Crippen LogP contribution is -2.29. The molecule has 0 spiro atoms. The number of aryl methyl sites for hydroxylation is 2. The second-order valence-electron chi connectivity index (χ2n) is 3.94. The van der Waals surface area contributed by atoms with Crippen molar-refractivity contribution in [1.82, 2.24) is 9.97 Å². The third kappa shape index (κ3) is 2.93. The summed E-state index contributed by atoms with van der Waals surface area (Å²) in [5, 5.41) is 8.68. The molecule has 1 heterocycles. The molecule has 0 aliphatic carbocycles. The van der Waals surface area contributed by atoms with Gasteiger partial charge in [-0.2, -0.15) is 5.26 Å². The van der Waals surface area contributed by atoms with Gasteiger partial charge in [-0.15, -0.1) is 0 Å². The highest BCUT2D eigenvalue weighted by Crippen LogP contribution is 2.15. The van der Waals surface area contributed by atoms with Crippen molar-refractivity contribution in [1.29, 1.82) is 5.26 Å². The summed E-state index contributed by atoms with van der Waals surface area (Å²) in [4.78, 5) is 10.8. The number of hydrogen-bond donors (Lipinski definition) is 0. The molecule has 0 aliphatic rings. The highest BCUT2D eigenvalue weighted by molar-refractivity contribution is 5.40. The van der Waals surface area contributed by atoms with Crippen LogP contribution in [0.1, 0.15) is 31.8 Å². The molecule has 0 amide bonds. The SMILES string of the molecule is CCc1cc(N(C)C(C)CC#N)nc(C)n1. The molecule has 4 nitrogen and oxygen atoms in total. The van der Waals surface area contributed by atoms with Crippen LogP contribution in [0.4, 0.5) is 5.82 Å². The Morgan fingerprint density at radius 1 is 1.50 bits per heavy atom. The molecule has 1 aromatic rings. The van der Waals surface area contributed by atoms with E-state index in [4.69, 9.17) is 5.26 Å². The lowest BCUT2D eigenvalue weighted by Gasteiger charge is -2.24. The highest BCUT2D eigenvalue weighted by Gasteiger charge is 2.12. The van der Waals surface area contributed by atoms with Crippen molar-refractivity contribution < 1.29 is 0 Å². The summed E-state index contributed by atoms with van der Waals surface area (Å²) in [6.07, 6.45) is 1.40. The molecule has 0 bridgehead atoms. The molecule has 86 valence electrons. The Kier molecular flexibility index (Phi) is 4.24. The Labute approximate surface area is 96.9 Å². The predicted molar refractivity (Wildman–Crippen MR) is 64.2 cm³/mol. The molecule has 1 unspecified atom stereocenters. The molecule has 4 heteroatoms. The van der Waals surface area contributed by atoms with Gasteiger partial charge < -0.3 is 4.90 Å². The van der Waals surface area contributed by atoms with E-state index in [1.165, 1.54) is 0 Å². The van der Waals surface area contributed by atoms with Crippen LogP contribution in [-0.4, -0.2) is 23.1 Å². The first-order valence-electron chi connectivity index (χ1n) is 5.52. The van der Waals surface area contributed by atoms with Crippen LogP contribution in [0.25, 0.3) is 0 Å². The molecule has 0 saturated carbocycles. The third-order valence-electron chi connectivity index (χ3n) is 2.65. The summed E-state index contributed by atoms with van der Waals surface area (Å²) in [5.74, 6) is 1.68. The standard InChI is InChI=1S/C12H18N4/c1-5-11-8-12(15-10(3)14-11)16(4)9(2)6-7-13/h8-9H,5-6H2,1-4H3. The molecule has 0 aliphatic heterocycles. The largest absolute Gasteiger partial charge is 0.356 e. The van der Waals surface area contributed by atoms with Crippen molar-refractivity contribution in [3.8, 4) is 6.07 Å². The first-order valence-corrected chi connectivity index (χ1v) is 5.52. The van der Waals surface area contributed by atoms with E-state index < -0.39 is 0 Å². The van der Waals surface area contributed by atoms with Gasteiger partial charge in [0.05, 0.1) is 12.5 Å². The van der Waals surface area contributed by atoms with E-state index in [1.54, 1.807) is 0 Å². The minimum absolute atomic E-state index is 0.170. The Hall–Kier alpha value is -1.63. The van der Waals surface area contributed by atoms with E-state index in [0.29, 0.717) is 6.42 Å². The first kappa shape index (κ1) is 12.4. The Morgan fingerprint density at radius 2 is 2.19 bits per heavy atom. The smallest absolute Gasteiger partial charge is 0.132 e. The van der Waals surface area contributed by atoms with Crippen LogP contribution in [0, 0.1) is 18.3 Å². The van der Waals surface area contributed by atoms with Crippen molar-refractivity contribution in [2.75, 3.05) is 11.9 Å². The molecular formula is C12H18N4. The number of hydrogen-bond acceptors (Lipinski definition) is 4. The monoisotopic (exact) mass is 218 g/mol. The van der Waals surface area contributed by atoms with Gasteiger partial charge in [0.1, 0.15) is 11.6 Å². The Bertz CT molecular complexity index is 394. The van der Waals surface area contributed by atoms with Crippen LogP contribution < -0.4 is 4.90 Å². The van der Waals surface area contributed by atoms with Gasteiger partial charge in [-0.3, -0.25) is 0 Å². The van der Waals surface area contributed by atoms with Crippen LogP contribution in [0.2, 0.25) is 0 Å². The zero-order valence-corrected chi connectivity index (χ0v) is 10.4. The topological polar surface area (TPSA) is 52.8 Å². The fourth-order valence-corrected chi connectivity index (χ4v) is 1.47. The van der Waals surface area contributed by atoms with Gasteiger partial charge in [0.2, 0.25) is 0 Å². The fourth-order valence-electron chi connectivity index (χ4n) is 1.47. The summed E-state index contributed by atoms with van der Waals surface area (Å²) in [7, 11) is 1.96. The van der Waals surface area contributed by atoms with Gasteiger partial charge in [0.15, 0.2) is 0 Å². The van der Waals surface area contributed by atoms with E-state index >= 15 is 0 Å². The molecule has 0 radical (unpaired) electrons. The minimum atomic E-state index is 0.170. The van der Waals surface area contributed by atoms with Crippen LogP contribution in [0.3, 0.4) is 0 Å². The predicted octanol–water partition coefficient (Wildman–Crippen LogP) is 2.09. The maximum atomic E-state index is 8.68. The van der Waals surface area contributed by atoms with Crippen molar-refractivity contribution in [3.63, 3.8) is 0 Å². The van der Waals surface area contributed by atoms with Crippen LogP contribution in [0.15, 0.2) is 6.07 Å². The number of nitrogens with zero attached hydrogens (tertiary/aromatic N) is 4. The van der Waals surface area contributed by atoms with Gasteiger partial charge in [-0.1, -0.05) is 6.92 Å². The van der Waals surface area contributed by atoms with Gasteiger partial charge in [-0.25, -0.2) is 9.97 Å². The Morgan fingerprint density at radius 3 is 2.75 bits per heavy atom. The average Bonchev–Trinajstić information content (AvgIpc) is 2.27. The van der Waals surface area contributed by atoms with Crippen molar-refractivity contribution in [2.24, 2.45) is 0 Å². The van der Waals surface area contributed by atoms with E-state index in [-0.39, 0.29) is 6.04 Å². The average molecular weight is 218 g/mol. The lowest BCUT2D eigenvalue weighted by molar-refractivity contribution is 0.689. The van der Waals surface area contributed by atoms with Crippen molar-refractivity contribution >= 4 is 5.82 Å². The van der Waals surface area contributed by atoms with E-state index in [0.717, 1.165) is 23.8 Å². The quantitative estimate of drug-likeness (QED) is 0.776. The molecule has 1 aromatic heterocycles. The first-order chi connectivity index (χ1) is 7.58. The second-order valence-corrected chi connectivity index (χ2v) is 3.94. The summed E-state index contributed by atoms with van der Waals surface area (Å²) in [6.45, 7) is 5.99. The number of anilines is 1. The van der Waals surface area contributed by atoms with E-state index in [2.05, 4.69) is 23.0 Å². The molecule has 16 heavy (non-hydrogen) atoms. The van der Waals surface area contributed by atoms with Gasteiger partial charge in [0.25, 0.3) is 0 Å². The fraction of sp³-hybridized carbons (Fsp3) is 0.583. The summed E-state index contributed by atoms with van der Waals surface area (Å²) in [5.41, 5.74) is 1.04. The summed E-state index contributed by atoms with van der Waals surface area (Å²) < 4.78 is 0.